The van der Waals surface area contributed by atoms with Crippen molar-refractivity contribution in [3.63, 3.8) is 0 Å². The maximum atomic E-state index is 12.7. The molecule has 0 bridgehead atoms. The standard InChI is InChI=1S/C24H23N3O2S2.C2H4O2/c1-14-8-9-15(2)18(11-14)26-21(29)13-31-24-16(12-25)22(20-7-4-10-30-20)23-17(27-24)5-3-6-19(23)28;1-2(3)4/h4,7-11,22,27H,3,5-6,13H2,1-2H3,(H,26,29);1H3,(H,3,4). The number of carbonyl (C=O) groups excluding carboxylic acids is 2. The molecule has 1 amide bonds. The van der Waals surface area contributed by atoms with E-state index >= 15 is 0 Å². The number of nitriles is 1. The summed E-state index contributed by atoms with van der Waals surface area (Å²) in [6.07, 6.45) is 2.09. The number of ketones is 1. The molecule has 1 aromatic heterocycles. The molecular weight excluding hydrogens is 482 g/mol. The largest absolute Gasteiger partial charge is 0.481 e. The van der Waals surface area contributed by atoms with Crippen LogP contribution in [0.25, 0.3) is 0 Å². The number of allylic oxidation sites excluding steroid dienone is 3. The van der Waals surface area contributed by atoms with Gasteiger partial charge in [0, 0.05) is 35.2 Å². The van der Waals surface area contributed by atoms with Crippen LogP contribution in [0.5, 0.6) is 0 Å². The summed E-state index contributed by atoms with van der Waals surface area (Å²) in [5, 5.41) is 26.3. The van der Waals surface area contributed by atoms with Crippen molar-refractivity contribution in [2.45, 2.75) is 46.0 Å². The molecule has 2 aromatic rings. The normalized spacial score (nSPS) is 17.0. The number of Topliss-reactive ketones (excluding diaryl/α,β-unsaturated/α-hetero) is 1. The van der Waals surface area contributed by atoms with Crippen LogP contribution in [-0.4, -0.2) is 28.5 Å². The van der Waals surface area contributed by atoms with Gasteiger partial charge < -0.3 is 15.7 Å². The summed E-state index contributed by atoms with van der Waals surface area (Å²) < 4.78 is 0. The maximum absolute atomic E-state index is 12.7. The third-order valence-corrected chi connectivity index (χ3v) is 7.46. The van der Waals surface area contributed by atoms with Gasteiger partial charge in [0.15, 0.2) is 5.78 Å². The average Bonchev–Trinajstić information content (AvgIpc) is 3.33. The number of aryl methyl sites for hydroxylation is 2. The number of anilines is 1. The van der Waals surface area contributed by atoms with E-state index in [9.17, 15) is 14.9 Å². The van der Waals surface area contributed by atoms with Gasteiger partial charge in [-0.15, -0.1) is 11.3 Å². The summed E-state index contributed by atoms with van der Waals surface area (Å²) in [5.41, 5.74) is 5.01. The van der Waals surface area contributed by atoms with Gasteiger partial charge >= 0.3 is 0 Å². The number of rotatable bonds is 5. The Kier molecular flexibility index (Phi) is 8.90. The van der Waals surface area contributed by atoms with Gasteiger partial charge in [0.25, 0.3) is 5.97 Å². The Morgan fingerprint density at radius 1 is 1.29 bits per heavy atom. The second-order valence-electron chi connectivity index (χ2n) is 8.27. The number of amides is 1. The van der Waals surface area contributed by atoms with Crippen molar-refractivity contribution >= 4 is 46.4 Å². The number of nitrogens with one attached hydrogen (secondary N) is 2. The number of carbonyl (C=O) groups is 3. The predicted octanol–water partition coefficient (Wildman–Crippen LogP) is 5.26. The summed E-state index contributed by atoms with van der Waals surface area (Å²) in [6, 6.07) is 12.2. The Balaban J connectivity index is 0.000000795. The van der Waals surface area contributed by atoms with E-state index in [1.807, 2.05) is 49.6 Å². The van der Waals surface area contributed by atoms with E-state index in [2.05, 4.69) is 16.7 Å². The van der Waals surface area contributed by atoms with Crippen LogP contribution in [0.1, 0.15) is 48.1 Å². The van der Waals surface area contributed by atoms with Crippen molar-refractivity contribution in [3.05, 3.63) is 73.6 Å². The number of carboxylic acid groups (broad SMARTS) is 1. The molecule has 1 aliphatic carbocycles. The first-order valence-electron chi connectivity index (χ1n) is 11.1. The molecule has 0 fully saturated rings. The van der Waals surface area contributed by atoms with Crippen molar-refractivity contribution < 1.29 is 19.5 Å². The Labute approximate surface area is 212 Å². The topological polar surface area (TPSA) is 119 Å². The molecule has 1 atom stereocenters. The van der Waals surface area contributed by atoms with Gasteiger partial charge in [-0.2, -0.15) is 5.26 Å². The molecule has 1 aromatic carbocycles. The Hall–Kier alpha value is -3.35. The quantitative estimate of drug-likeness (QED) is 0.503. The lowest BCUT2D eigenvalue weighted by Gasteiger charge is -2.32. The molecule has 1 aliphatic heterocycles. The lowest BCUT2D eigenvalue weighted by Crippen LogP contribution is -2.31. The number of benzene rings is 1. The number of nitrogens with zero attached hydrogens (tertiary/aromatic N) is 1. The highest BCUT2D eigenvalue weighted by atomic mass is 32.2. The predicted molar refractivity (Wildman–Crippen MR) is 139 cm³/mol. The molecule has 9 heteroatoms. The van der Waals surface area contributed by atoms with Crippen LogP contribution in [0.3, 0.4) is 0 Å². The van der Waals surface area contributed by atoms with Gasteiger partial charge in [0.2, 0.25) is 5.91 Å². The molecule has 2 heterocycles. The Morgan fingerprint density at radius 2 is 2.03 bits per heavy atom. The second kappa shape index (κ2) is 11.9. The maximum Gasteiger partial charge on any atom is 0.300 e. The highest BCUT2D eigenvalue weighted by Crippen LogP contribution is 2.45. The molecule has 7 nitrogen and oxygen atoms in total. The molecular formula is C26H27N3O4S2. The Morgan fingerprint density at radius 3 is 2.69 bits per heavy atom. The minimum absolute atomic E-state index is 0.108. The number of thiophene rings is 1. The first-order valence-corrected chi connectivity index (χ1v) is 13.0. The van der Waals surface area contributed by atoms with Crippen molar-refractivity contribution in [2.75, 3.05) is 11.1 Å². The molecule has 0 radical (unpaired) electrons. The first kappa shape index (κ1) is 26.3. The van der Waals surface area contributed by atoms with Crippen LogP contribution in [-0.2, 0) is 14.4 Å². The first-order chi connectivity index (χ1) is 16.7. The number of carboxylic acids is 1. The third kappa shape index (κ3) is 6.62. The van der Waals surface area contributed by atoms with Gasteiger partial charge in [0.1, 0.15) is 0 Å². The van der Waals surface area contributed by atoms with Crippen LogP contribution in [0.15, 0.2) is 57.6 Å². The SMILES string of the molecule is CC(=O)O.Cc1ccc(C)c(NC(=O)CSC2=C(C#N)C(c3cccs3)C3=C(CCCC3=O)N2)c1. The number of thioether (sulfide) groups is 1. The van der Waals surface area contributed by atoms with Crippen molar-refractivity contribution in [1.29, 1.82) is 5.26 Å². The van der Waals surface area contributed by atoms with Gasteiger partial charge in [0.05, 0.1) is 28.3 Å². The summed E-state index contributed by atoms with van der Waals surface area (Å²) in [4.78, 5) is 35.3. The summed E-state index contributed by atoms with van der Waals surface area (Å²) in [7, 11) is 0. The Bertz CT molecular complexity index is 1240. The van der Waals surface area contributed by atoms with E-state index in [1.165, 1.54) is 11.8 Å². The van der Waals surface area contributed by atoms with E-state index in [1.54, 1.807) is 11.3 Å². The van der Waals surface area contributed by atoms with Crippen molar-refractivity contribution in [1.82, 2.24) is 5.32 Å². The molecule has 0 saturated heterocycles. The molecule has 2 aliphatic rings. The monoisotopic (exact) mass is 509 g/mol. The van der Waals surface area contributed by atoms with E-state index in [-0.39, 0.29) is 23.4 Å². The van der Waals surface area contributed by atoms with E-state index in [0.717, 1.165) is 52.7 Å². The van der Waals surface area contributed by atoms with Gasteiger partial charge in [-0.05, 0) is 55.3 Å². The summed E-state index contributed by atoms with van der Waals surface area (Å²) in [5.74, 6) is -1.03. The summed E-state index contributed by atoms with van der Waals surface area (Å²) in [6.45, 7) is 5.03. The highest BCUT2D eigenvalue weighted by molar-refractivity contribution is 8.03. The zero-order valence-corrected chi connectivity index (χ0v) is 21.4. The molecule has 0 saturated carbocycles. The van der Waals surface area contributed by atoms with E-state index in [0.29, 0.717) is 17.0 Å². The number of hydrogen-bond acceptors (Lipinski definition) is 7. The summed E-state index contributed by atoms with van der Waals surface area (Å²) >= 11 is 2.87. The number of hydrogen-bond donors (Lipinski definition) is 3. The minimum Gasteiger partial charge on any atom is -0.481 e. The van der Waals surface area contributed by atoms with Crippen LogP contribution < -0.4 is 10.6 Å². The molecule has 3 N–H and O–H groups in total. The molecule has 1 unspecified atom stereocenters. The van der Waals surface area contributed by atoms with Crippen LogP contribution in [0.2, 0.25) is 0 Å². The molecule has 4 rings (SSSR count). The zero-order valence-electron chi connectivity index (χ0n) is 19.8. The van der Waals surface area contributed by atoms with Gasteiger partial charge in [-0.1, -0.05) is 30.0 Å². The fourth-order valence-corrected chi connectivity index (χ4v) is 5.68. The molecule has 182 valence electrons. The lowest BCUT2D eigenvalue weighted by molar-refractivity contribution is -0.134. The number of dihydropyridines is 1. The lowest BCUT2D eigenvalue weighted by atomic mass is 9.79. The van der Waals surface area contributed by atoms with Crippen molar-refractivity contribution in [3.8, 4) is 6.07 Å². The van der Waals surface area contributed by atoms with Crippen molar-refractivity contribution in [2.24, 2.45) is 0 Å². The minimum atomic E-state index is -0.833. The number of aliphatic carboxylic acids is 1. The van der Waals surface area contributed by atoms with E-state index in [4.69, 9.17) is 9.90 Å². The van der Waals surface area contributed by atoms with Crippen LogP contribution in [0.4, 0.5) is 5.69 Å². The second-order valence-corrected chi connectivity index (χ2v) is 10.2. The molecule has 0 spiro atoms. The average molecular weight is 510 g/mol. The van der Waals surface area contributed by atoms with Gasteiger partial charge in [-0.25, -0.2) is 0 Å². The van der Waals surface area contributed by atoms with Crippen LogP contribution in [0, 0.1) is 25.2 Å². The zero-order chi connectivity index (χ0) is 25.5. The third-order valence-electron chi connectivity index (χ3n) is 5.51. The molecule has 35 heavy (non-hydrogen) atoms. The fraction of sp³-hybridized carbons (Fsp3) is 0.308. The highest BCUT2D eigenvalue weighted by Gasteiger charge is 2.37. The van der Waals surface area contributed by atoms with Gasteiger partial charge in [-0.3, -0.25) is 14.4 Å². The van der Waals surface area contributed by atoms with E-state index < -0.39 is 5.97 Å². The smallest absolute Gasteiger partial charge is 0.300 e. The fourth-order valence-electron chi connectivity index (χ4n) is 3.97. The van der Waals surface area contributed by atoms with Crippen LogP contribution >= 0.6 is 23.1 Å².